The number of aliphatic imine (C=N–C) groups is 1. The Labute approximate surface area is 210 Å². The number of carboxylic acids is 1. The Bertz CT molecular complexity index is 1590. The van der Waals surface area contributed by atoms with E-state index in [1.54, 1.807) is 30.6 Å². The van der Waals surface area contributed by atoms with Crippen LogP contribution in [-0.4, -0.2) is 33.3 Å². The Hall–Kier alpha value is -4.94. The highest BCUT2D eigenvalue weighted by molar-refractivity contribution is 6.18. The molecule has 4 N–H and O–H groups in total. The lowest BCUT2D eigenvalue weighted by Crippen LogP contribution is -2.10. The first-order valence-corrected chi connectivity index (χ1v) is 11.2. The monoisotopic (exact) mass is 495 g/mol. The number of nitrogens with one attached hydrogen (secondary N) is 1. The van der Waals surface area contributed by atoms with Gasteiger partial charge in [0.2, 0.25) is 5.95 Å². The van der Waals surface area contributed by atoms with E-state index in [9.17, 15) is 13.6 Å². The van der Waals surface area contributed by atoms with Gasteiger partial charge in [0, 0.05) is 29.2 Å². The summed E-state index contributed by atoms with van der Waals surface area (Å²) in [4.78, 5) is 24.6. The third-order valence-electron chi connectivity index (χ3n) is 5.78. The lowest BCUT2D eigenvalue weighted by atomic mass is 9.84. The van der Waals surface area contributed by atoms with Crippen LogP contribution in [0.5, 0.6) is 0 Å². The third kappa shape index (κ3) is 4.78. The molecular formula is C28H19F2N5O2. The van der Waals surface area contributed by atoms with Crippen molar-refractivity contribution >= 4 is 34.5 Å². The van der Waals surface area contributed by atoms with Crippen molar-refractivity contribution in [2.24, 2.45) is 10.7 Å². The van der Waals surface area contributed by atoms with Crippen LogP contribution in [0.3, 0.4) is 0 Å². The number of aromatic carboxylic acids is 1. The number of anilines is 2. The van der Waals surface area contributed by atoms with Crippen LogP contribution >= 0.6 is 0 Å². The van der Waals surface area contributed by atoms with Crippen molar-refractivity contribution in [1.29, 1.82) is 0 Å². The molecule has 182 valence electrons. The van der Waals surface area contributed by atoms with Crippen LogP contribution in [0.15, 0.2) is 77.6 Å². The summed E-state index contributed by atoms with van der Waals surface area (Å²) < 4.78 is 29.8. The van der Waals surface area contributed by atoms with E-state index in [2.05, 4.69) is 32.1 Å². The normalized spacial score (nSPS) is 13.9. The number of carbonyl (C=O) groups is 1. The van der Waals surface area contributed by atoms with E-state index in [1.807, 2.05) is 6.08 Å². The van der Waals surface area contributed by atoms with Gasteiger partial charge in [0.05, 0.1) is 23.4 Å². The predicted molar refractivity (Wildman–Crippen MR) is 137 cm³/mol. The molecular weight excluding hydrogens is 476 g/mol. The lowest BCUT2D eigenvalue weighted by Gasteiger charge is -2.22. The third-order valence-corrected chi connectivity index (χ3v) is 5.78. The number of rotatable bonds is 4. The second kappa shape index (κ2) is 9.97. The Balaban J connectivity index is 1.58. The minimum atomic E-state index is -1.03. The van der Waals surface area contributed by atoms with Crippen molar-refractivity contribution < 1.29 is 18.7 Å². The number of nitrogens with two attached hydrogens (primary N) is 1. The van der Waals surface area contributed by atoms with Crippen LogP contribution in [0, 0.1) is 23.5 Å². The highest BCUT2D eigenvalue weighted by atomic mass is 19.1. The molecule has 1 aliphatic carbocycles. The van der Waals surface area contributed by atoms with Gasteiger partial charge in [0.1, 0.15) is 17.3 Å². The fraction of sp³-hybridized carbons (Fsp3) is 0.0714. The number of hydrogen-bond acceptors (Lipinski definition) is 6. The molecule has 0 radical (unpaired) electrons. The number of carboxylic acid groups (broad SMARTS) is 1. The van der Waals surface area contributed by atoms with Crippen LogP contribution in [0.2, 0.25) is 0 Å². The second-order valence-corrected chi connectivity index (χ2v) is 8.11. The Morgan fingerprint density at radius 3 is 2.54 bits per heavy atom. The number of aromatic nitrogens is 2. The quantitative estimate of drug-likeness (QED) is 0.459. The van der Waals surface area contributed by atoms with Gasteiger partial charge in [-0.15, -0.1) is 0 Å². The van der Waals surface area contributed by atoms with Gasteiger partial charge in [0.15, 0.2) is 0 Å². The molecule has 2 heterocycles. The number of nitrogens with zero attached hydrogens (tertiary/aromatic N) is 3. The molecule has 2 aliphatic rings. The van der Waals surface area contributed by atoms with E-state index in [4.69, 9.17) is 10.8 Å². The van der Waals surface area contributed by atoms with Gasteiger partial charge in [0.25, 0.3) is 0 Å². The van der Waals surface area contributed by atoms with Crippen LogP contribution in [0.4, 0.5) is 20.4 Å². The van der Waals surface area contributed by atoms with Crippen molar-refractivity contribution in [3.63, 3.8) is 0 Å². The number of allylic oxidation sites excluding steroid dienone is 5. The molecule has 0 bridgehead atoms. The molecule has 0 atom stereocenters. The average molecular weight is 495 g/mol. The van der Waals surface area contributed by atoms with Crippen LogP contribution in [-0.2, 0) is 6.42 Å². The first kappa shape index (κ1) is 23.8. The fourth-order valence-corrected chi connectivity index (χ4v) is 4.07. The van der Waals surface area contributed by atoms with Crippen molar-refractivity contribution in [1.82, 2.24) is 9.97 Å². The van der Waals surface area contributed by atoms with Crippen molar-refractivity contribution in [3.8, 4) is 11.8 Å². The summed E-state index contributed by atoms with van der Waals surface area (Å²) in [7, 11) is 0. The van der Waals surface area contributed by atoms with Crippen molar-refractivity contribution in [2.75, 3.05) is 11.9 Å². The number of halogens is 2. The zero-order chi connectivity index (χ0) is 25.9. The Morgan fingerprint density at radius 1 is 1.08 bits per heavy atom. The minimum Gasteiger partial charge on any atom is -0.478 e. The highest BCUT2D eigenvalue weighted by Crippen LogP contribution is 2.41. The zero-order valence-electron chi connectivity index (χ0n) is 19.3. The van der Waals surface area contributed by atoms with Gasteiger partial charge in [-0.3, -0.25) is 0 Å². The van der Waals surface area contributed by atoms with E-state index >= 15 is 0 Å². The van der Waals surface area contributed by atoms with Gasteiger partial charge >= 0.3 is 5.97 Å². The molecule has 0 amide bonds. The molecule has 2 aromatic carbocycles. The second-order valence-electron chi connectivity index (χ2n) is 8.11. The van der Waals surface area contributed by atoms with Gasteiger partial charge in [-0.2, -0.15) is 0 Å². The van der Waals surface area contributed by atoms with Crippen molar-refractivity contribution in [3.05, 3.63) is 107 Å². The fourth-order valence-electron chi connectivity index (χ4n) is 4.07. The summed E-state index contributed by atoms with van der Waals surface area (Å²) in [5.41, 5.74) is 9.17. The van der Waals surface area contributed by atoms with Crippen LogP contribution < -0.4 is 11.1 Å². The van der Waals surface area contributed by atoms with Gasteiger partial charge in [-0.1, -0.05) is 18.1 Å². The number of benzene rings is 2. The lowest BCUT2D eigenvalue weighted by molar-refractivity contribution is 0.0697. The molecule has 9 heteroatoms. The van der Waals surface area contributed by atoms with Crippen molar-refractivity contribution in [2.45, 2.75) is 6.42 Å². The zero-order valence-corrected chi connectivity index (χ0v) is 19.3. The average Bonchev–Trinajstić information content (AvgIpc) is 3.07. The molecule has 0 saturated heterocycles. The van der Waals surface area contributed by atoms with Crippen LogP contribution in [0.25, 0.3) is 11.1 Å². The maximum absolute atomic E-state index is 14.9. The topological polar surface area (TPSA) is 113 Å². The summed E-state index contributed by atoms with van der Waals surface area (Å²) in [6.45, 7) is 0.105. The summed E-state index contributed by atoms with van der Waals surface area (Å²) in [5, 5.41) is 12.2. The largest absolute Gasteiger partial charge is 0.478 e. The van der Waals surface area contributed by atoms with E-state index in [1.165, 1.54) is 30.3 Å². The summed E-state index contributed by atoms with van der Waals surface area (Å²) in [5.74, 6) is 3.40. The molecule has 0 spiro atoms. The summed E-state index contributed by atoms with van der Waals surface area (Å²) >= 11 is 0. The van der Waals surface area contributed by atoms with Crippen LogP contribution in [0.1, 0.15) is 27.2 Å². The molecule has 7 nitrogen and oxygen atoms in total. The van der Waals surface area contributed by atoms with E-state index < -0.39 is 17.6 Å². The van der Waals surface area contributed by atoms with Gasteiger partial charge in [-0.25, -0.2) is 28.5 Å². The standard InChI is InChI=1S/C28H19F2N5O2/c29-23-4-1-5-24(30)25(23)21-13-19(3-2-12-31)32-15-22-20(21)11-8-17-14-33-28(35-26(17)22)34-18-9-6-16(7-10-18)27(36)37/h1,4-7,9-11,13-15H,8,12,31H2,(H,36,37)(H,33,34,35). The molecule has 0 unspecified atom stereocenters. The minimum absolute atomic E-state index is 0.105. The molecule has 0 saturated carbocycles. The summed E-state index contributed by atoms with van der Waals surface area (Å²) in [6.07, 6.45) is 7.09. The molecule has 3 aromatic rings. The molecule has 1 aromatic heterocycles. The molecule has 1 aliphatic heterocycles. The van der Waals surface area contributed by atoms with Gasteiger partial charge < -0.3 is 16.2 Å². The smallest absolute Gasteiger partial charge is 0.335 e. The van der Waals surface area contributed by atoms with Gasteiger partial charge in [-0.05, 0) is 66.0 Å². The van der Waals surface area contributed by atoms with E-state index in [0.717, 1.165) is 5.56 Å². The maximum atomic E-state index is 14.9. The molecule has 37 heavy (non-hydrogen) atoms. The Kier molecular flexibility index (Phi) is 6.41. The number of fused-ring (bicyclic) bond motifs is 3. The van der Waals surface area contributed by atoms with E-state index in [0.29, 0.717) is 40.2 Å². The maximum Gasteiger partial charge on any atom is 0.335 e. The molecule has 0 fully saturated rings. The highest BCUT2D eigenvalue weighted by Gasteiger charge is 2.27. The van der Waals surface area contributed by atoms with E-state index in [-0.39, 0.29) is 23.6 Å². The summed E-state index contributed by atoms with van der Waals surface area (Å²) in [6, 6.07) is 9.87. The first-order valence-electron chi connectivity index (χ1n) is 11.2. The Morgan fingerprint density at radius 2 is 1.84 bits per heavy atom. The first-order chi connectivity index (χ1) is 17.9. The number of hydrogen-bond donors (Lipinski definition) is 3. The molecule has 5 rings (SSSR count). The SMILES string of the molecule is NCC#CC1=NC=C2C(=CCc3cnc(Nc4ccc(C(=O)O)cc4)nc32)C(c2c(F)cccc2F)=C1. The predicted octanol–water partition coefficient (Wildman–Crippen LogP) is 4.52.